The number of rotatable bonds is 5. The van der Waals surface area contributed by atoms with Crippen LogP contribution in [0.3, 0.4) is 0 Å². The van der Waals surface area contributed by atoms with Crippen LogP contribution in [-0.2, 0) is 5.54 Å². The predicted octanol–water partition coefficient (Wildman–Crippen LogP) is 3.27. The van der Waals surface area contributed by atoms with Crippen LogP contribution in [0.5, 0.6) is 0 Å². The molecular weight excluding hydrogens is 314 g/mol. The van der Waals surface area contributed by atoms with Crippen molar-refractivity contribution in [1.29, 1.82) is 0 Å². The van der Waals surface area contributed by atoms with Crippen LogP contribution < -0.4 is 15.5 Å². The van der Waals surface area contributed by atoms with Gasteiger partial charge in [-0.15, -0.1) is 0 Å². The lowest BCUT2D eigenvalue weighted by molar-refractivity contribution is 0.0902. The van der Waals surface area contributed by atoms with Crippen LogP contribution in [0.2, 0.25) is 0 Å². The number of hydrogen-bond donors (Lipinski definition) is 2. The minimum absolute atomic E-state index is 0.125. The van der Waals surface area contributed by atoms with Crippen molar-refractivity contribution in [1.82, 2.24) is 10.6 Å². The fraction of sp³-hybridized carbons (Fsp3) is 0.300. The number of anilines is 1. The van der Waals surface area contributed by atoms with Gasteiger partial charge in [0.1, 0.15) is 0 Å². The number of nitrogens with one attached hydrogen (secondary N) is 2. The highest BCUT2D eigenvalue weighted by Crippen LogP contribution is 2.25. The average molecular weight is 337 g/mol. The van der Waals surface area contributed by atoms with Crippen molar-refractivity contribution in [2.75, 3.05) is 18.0 Å². The number of carbonyl (C=O) groups is 2. The summed E-state index contributed by atoms with van der Waals surface area (Å²) in [5.41, 5.74) is 1.91. The number of carbonyl (C=O) groups excluding carboxylic acids is 2. The molecule has 0 aromatic heterocycles. The van der Waals surface area contributed by atoms with Gasteiger partial charge in [-0.05, 0) is 37.1 Å². The fourth-order valence-electron chi connectivity index (χ4n) is 3.03. The van der Waals surface area contributed by atoms with E-state index in [2.05, 4.69) is 17.6 Å². The lowest BCUT2D eigenvalue weighted by Gasteiger charge is -2.30. The maximum atomic E-state index is 12.8. The van der Waals surface area contributed by atoms with Crippen molar-refractivity contribution in [3.63, 3.8) is 0 Å². The SMILES string of the molecule is CCC(C)(NC(=O)c1cccc(N2CCNC2=O)c1)c1ccccc1. The minimum Gasteiger partial charge on any atom is -0.343 e. The molecular formula is C20H23N3O2. The normalized spacial score (nSPS) is 16.2. The monoisotopic (exact) mass is 337 g/mol. The van der Waals surface area contributed by atoms with E-state index in [-0.39, 0.29) is 11.9 Å². The standard InChI is InChI=1S/C20H23N3O2/c1-3-20(2,16-9-5-4-6-10-16)22-18(24)15-8-7-11-17(14-15)23-13-12-21-19(23)25/h4-11,14H,3,12-13H2,1-2H3,(H,21,25)(H,22,24). The number of urea groups is 1. The Kier molecular flexibility index (Phi) is 4.74. The molecule has 5 nitrogen and oxygen atoms in total. The third-order valence-corrected chi connectivity index (χ3v) is 4.78. The summed E-state index contributed by atoms with van der Waals surface area (Å²) >= 11 is 0. The van der Waals surface area contributed by atoms with Crippen LogP contribution in [0, 0.1) is 0 Å². The largest absolute Gasteiger partial charge is 0.343 e. The third kappa shape index (κ3) is 3.50. The third-order valence-electron chi connectivity index (χ3n) is 4.78. The Hall–Kier alpha value is -2.82. The first-order chi connectivity index (χ1) is 12.0. The van der Waals surface area contributed by atoms with Gasteiger partial charge in [-0.25, -0.2) is 4.79 Å². The molecule has 1 atom stereocenters. The summed E-state index contributed by atoms with van der Waals surface area (Å²) in [7, 11) is 0. The molecule has 0 radical (unpaired) electrons. The van der Waals surface area contributed by atoms with Crippen molar-refractivity contribution in [2.45, 2.75) is 25.8 Å². The maximum Gasteiger partial charge on any atom is 0.321 e. The van der Waals surface area contributed by atoms with Gasteiger partial charge >= 0.3 is 6.03 Å². The van der Waals surface area contributed by atoms with Crippen LogP contribution in [0.4, 0.5) is 10.5 Å². The molecule has 3 rings (SSSR count). The molecule has 5 heteroatoms. The molecule has 0 bridgehead atoms. The van der Waals surface area contributed by atoms with Crippen molar-refractivity contribution >= 4 is 17.6 Å². The van der Waals surface area contributed by atoms with Crippen LogP contribution in [0.15, 0.2) is 54.6 Å². The van der Waals surface area contributed by atoms with E-state index in [1.54, 1.807) is 17.0 Å². The Morgan fingerprint density at radius 3 is 2.60 bits per heavy atom. The Morgan fingerprint density at radius 1 is 1.20 bits per heavy atom. The second-order valence-electron chi connectivity index (χ2n) is 6.44. The molecule has 0 spiro atoms. The van der Waals surface area contributed by atoms with E-state index in [0.29, 0.717) is 18.7 Å². The molecule has 1 saturated heterocycles. The summed E-state index contributed by atoms with van der Waals surface area (Å²) in [6, 6.07) is 17.0. The molecule has 1 unspecified atom stereocenters. The highest BCUT2D eigenvalue weighted by atomic mass is 16.2. The minimum atomic E-state index is -0.445. The van der Waals surface area contributed by atoms with Crippen LogP contribution in [0.25, 0.3) is 0 Å². The topological polar surface area (TPSA) is 61.4 Å². The first kappa shape index (κ1) is 17.0. The zero-order chi connectivity index (χ0) is 17.9. The molecule has 25 heavy (non-hydrogen) atoms. The Labute approximate surface area is 148 Å². The number of hydrogen-bond acceptors (Lipinski definition) is 2. The smallest absolute Gasteiger partial charge is 0.321 e. The first-order valence-electron chi connectivity index (χ1n) is 8.57. The summed E-state index contributed by atoms with van der Waals surface area (Å²) in [6.07, 6.45) is 0.775. The van der Waals surface area contributed by atoms with E-state index in [1.807, 2.05) is 49.4 Å². The Bertz CT molecular complexity index is 776. The molecule has 0 aliphatic carbocycles. The first-order valence-corrected chi connectivity index (χ1v) is 8.57. The van der Waals surface area contributed by atoms with E-state index < -0.39 is 5.54 Å². The van der Waals surface area contributed by atoms with Gasteiger partial charge in [-0.2, -0.15) is 0 Å². The average Bonchev–Trinajstić information content (AvgIpc) is 3.08. The zero-order valence-corrected chi connectivity index (χ0v) is 14.6. The molecule has 1 aliphatic rings. The molecule has 1 heterocycles. The molecule has 0 saturated carbocycles. The van der Waals surface area contributed by atoms with Crippen LogP contribution in [-0.4, -0.2) is 25.0 Å². The highest BCUT2D eigenvalue weighted by Gasteiger charge is 2.27. The van der Waals surface area contributed by atoms with Crippen molar-refractivity contribution in [2.24, 2.45) is 0 Å². The molecule has 1 fully saturated rings. The fourth-order valence-corrected chi connectivity index (χ4v) is 3.03. The van der Waals surface area contributed by atoms with E-state index in [0.717, 1.165) is 17.7 Å². The maximum absolute atomic E-state index is 12.8. The van der Waals surface area contributed by atoms with E-state index in [1.165, 1.54) is 0 Å². The number of amides is 3. The summed E-state index contributed by atoms with van der Waals surface area (Å²) in [5, 5.41) is 5.92. The predicted molar refractivity (Wildman–Crippen MR) is 98.7 cm³/mol. The van der Waals surface area contributed by atoms with Gasteiger partial charge in [0.15, 0.2) is 0 Å². The summed E-state index contributed by atoms with van der Waals surface area (Å²) in [6.45, 7) is 5.31. The molecule has 1 aliphatic heterocycles. The van der Waals surface area contributed by atoms with Gasteiger partial charge in [-0.3, -0.25) is 9.69 Å². The van der Waals surface area contributed by atoms with Crippen molar-refractivity contribution < 1.29 is 9.59 Å². The van der Waals surface area contributed by atoms with Crippen molar-refractivity contribution in [3.8, 4) is 0 Å². The second-order valence-corrected chi connectivity index (χ2v) is 6.44. The van der Waals surface area contributed by atoms with Crippen LogP contribution in [0.1, 0.15) is 36.2 Å². The Morgan fingerprint density at radius 2 is 1.96 bits per heavy atom. The van der Waals surface area contributed by atoms with Gasteiger partial charge in [0.2, 0.25) is 0 Å². The molecule has 2 N–H and O–H groups in total. The number of nitrogens with zero attached hydrogens (tertiary/aromatic N) is 1. The summed E-state index contributed by atoms with van der Waals surface area (Å²) in [5.74, 6) is -0.144. The quantitative estimate of drug-likeness (QED) is 0.879. The second kappa shape index (κ2) is 6.97. The molecule has 2 aromatic carbocycles. The van der Waals surface area contributed by atoms with Gasteiger partial charge in [0.25, 0.3) is 5.91 Å². The van der Waals surface area contributed by atoms with E-state index in [4.69, 9.17) is 0 Å². The summed E-state index contributed by atoms with van der Waals surface area (Å²) in [4.78, 5) is 26.3. The van der Waals surface area contributed by atoms with Gasteiger partial charge in [-0.1, -0.05) is 43.3 Å². The Balaban J connectivity index is 1.82. The molecule has 3 amide bonds. The van der Waals surface area contributed by atoms with E-state index in [9.17, 15) is 9.59 Å². The lowest BCUT2D eigenvalue weighted by Crippen LogP contribution is -2.43. The molecule has 130 valence electrons. The van der Waals surface area contributed by atoms with Gasteiger partial charge in [0, 0.05) is 24.3 Å². The van der Waals surface area contributed by atoms with Crippen LogP contribution >= 0.6 is 0 Å². The zero-order valence-electron chi connectivity index (χ0n) is 14.6. The lowest BCUT2D eigenvalue weighted by atomic mass is 9.89. The van der Waals surface area contributed by atoms with Gasteiger partial charge in [0.05, 0.1) is 5.54 Å². The van der Waals surface area contributed by atoms with E-state index >= 15 is 0 Å². The number of benzene rings is 2. The summed E-state index contributed by atoms with van der Waals surface area (Å²) < 4.78 is 0. The van der Waals surface area contributed by atoms with Gasteiger partial charge < -0.3 is 10.6 Å². The van der Waals surface area contributed by atoms with Crippen molar-refractivity contribution in [3.05, 3.63) is 65.7 Å². The highest BCUT2D eigenvalue weighted by molar-refractivity contribution is 5.98. The molecule has 2 aromatic rings.